The molecule has 0 saturated heterocycles. The number of para-hydroxylation sites is 2. The van der Waals surface area contributed by atoms with Gasteiger partial charge >= 0.3 is 0 Å². The Morgan fingerprint density at radius 3 is 1.95 bits per heavy atom. The topological polar surface area (TPSA) is 69.9 Å². The number of hydrogen-bond acceptors (Lipinski definition) is 5. The third-order valence-electron chi connectivity index (χ3n) is 10.4. The van der Waals surface area contributed by atoms with Gasteiger partial charge in [0.05, 0.1) is 30.1 Å². The van der Waals surface area contributed by atoms with E-state index in [1.54, 1.807) is 0 Å². The molecule has 6 heteroatoms. The van der Waals surface area contributed by atoms with Gasteiger partial charge in [0.25, 0.3) is 0 Å². The molecule has 0 saturated carbocycles. The van der Waals surface area contributed by atoms with Crippen molar-refractivity contribution in [3.05, 3.63) is 182 Å². The number of fused-ring (bicyclic) bond motifs is 10. The van der Waals surface area contributed by atoms with Crippen molar-refractivity contribution in [2.75, 3.05) is 0 Å². The zero-order valence-corrected chi connectivity index (χ0v) is 29.7. The summed E-state index contributed by atoms with van der Waals surface area (Å²) in [4.78, 5) is 15.1. The molecule has 57 heavy (non-hydrogen) atoms. The van der Waals surface area contributed by atoms with Gasteiger partial charge in [-0.15, -0.1) is 0 Å². The van der Waals surface area contributed by atoms with Crippen molar-refractivity contribution in [3.8, 4) is 51.0 Å². The van der Waals surface area contributed by atoms with E-state index in [1.807, 2.05) is 121 Å². The smallest absolute Gasteiger partial charge is 0.238 e. The summed E-state index contributed by atoms with van der Waals surface area (Å²) in [6.45, 7) is 0. The molecule has 0 radical (unpaired) electrons. The first-order chi connectivity index (χ1) is 32.4. The third-order valence-corrected chi connectivity index (χ3v) is 10.4. The Hall–Kier alpha value is -7.83. The summed E-state index contributed by atoms with van der Waals surface area (Å²) >= 11 is 0. The van der Waals surface area contributed by atoms with Crippen molar-refractivity contribution >= 4 is 65.7 Å². The van der Waals surface area contributed by atoms with E-state index in [4.69, 9.17) is 33.4 Å². The van der Waals surface area contributed by atoms with Crippen molar-refractivity contribution in [2.45, 2.75) is 0 Å². The predicted molar refractivity (Wildman–Crippen MR) is 230 cm³/mol. The van der Waals surface area contributed by atoms with Crippen molar-refractivity contribution in [1.82, 2.24) is 19.5 Å². The van der Waals surface area contributed by atoms with E-state index in [1.165, 1.54) is 4.57 Å². The van der Waals surface area contributed by atoms with Gasteiger partial charge < -0.3 is 8.83 Å². The lowest BCUT2D eigenvalue weighted by Crippen LogP contribution is -2.06. The van der Waals surface area contributed by atoms with Crippen molar-refractivity contribution in [2.24, 2.45) is 0 Å². The Morgan fingerprint density at radius 1 is 0.421 bits per heavy atom. The maximum absolute atomic E-state index is 9.39. The molecule has 0 amide bonds. The highest BCUT2D eigenvalue weighted by Gasteiger charge is 2.23. The molecule has 6 nitrogen and oxygen atoms in total. The van der Waals surface area contributed by atoms with Gasteiger partial charge in [-0.05, 0) is 70.7 Å². The summed E-state index contributed by atoms with van der Waals surface area (Å²) in [5.74, 6) is 0.202. The quantitative estimate of drug-likeness (QED) is 0.176. The van der Waals surface area contributed by atoms with Gasteiger partial charge in [0, 0.05) is 38.1 Å². The summed E-state index contributed by atoms with van der Waals surface area (Å²) in [5, 5.41) is 1.48. The molecule has 0 N–H and O–H groups in total. The highest BCUT2D eigenvalue weighted by molar-refractivity contribution is 6.24. The molecular formula is C51H30N4O2. The van der Waals surface area contributed by atoms with Gasteiger partial charge in [-0.2, -0.15) is 9.97 Å². The van der Waals surface area contributed by atoms with Crippen LogP contribution in [-0.4, -0.2) is 19.5 Å². The molecule has 0 aliphatic carbocycles. The van der Waals surface area contributed by atoms with E-state index < -0.39 is 60.4 Å². The maximum atomic E-state index is 9.39. The first-order valence-electron chi connectivity index (χ1n) is 23.2. The first kappa shape index (κ1) is 23.2. The van der Waals surface area contributed by atoms with E-state index in [-0.39, 0.29) is 61.3 Å². The number of furan rings is 2. The summed E-state index contributed by atoms with van der Waals surface area (Å²) in [7, 11) is 0. The molecule has 0 spiro atoms. The van der Waals surface area contributed by atoms with E-state index in [9.17, 15) is 4.11 Å². The zero-order chi connectivity index (χ0) is 46.2. The third kappa shape index (κ3) is 4.94. The van der Waals surface area contributed by atoms with Crippen LogP contribution in [0.15, 0.2) is 191 Å². The first-order valence-corrected chi connectivity index (χ1v) is 18.2. The fourth-order valence-corrected chi connectivity index (χ4v) is 7.82. The molecule has 0 fully saturated rings. The van der Waals surface area contributed by atoms with Gasteiger partial charge in [0.2, 0.25) is 5.95 Å². The van der Waals surface area contributed by atoms with Crippen LogP contribution in [0.25, 0.3) is 117 Å². The minimum absolute atomic E-state index is 0.0101. The molecule has 12 rings (SSSR count). The Bertz CT molecular complexity index is 4110. The Balaban J connectivity index is 1.22. The van der Waals surface area contributed by atoms with Crippen LogP contribution < -0.4 is 0 Å². The minimum atomic E-state index is -0.579. The van der Waals surface area contributed by atoms with E-state index in [0.29, 0.717) is 22.3 Å². The van der Waals surface area contributed by atoms with Gasteiger partial charge in [-0.25, -0.2) is 4.98 Å². The van der Waals surface area contributed by atoms with E-state index in [2.05, 4.69) is 0 Å². The van der Waals surface area contributed by atoms with Gasteiger partial charge in [0.1, 0.15) is 22.3 Å². The molecule has 266 valence electrons. The molecule has 8 aromatic carbocycles. The number of hydrogen-bond donors (Lipinski definition) is 0. The van der Waals surface area contributed by atoms with Crippen LogP contribution in [-0.2, 0) is 0 Å². The normalized spacial score (nSPS) is 14.3. The molecule has 0 bridgehead atoms. The molecule has 4 heterocycles. The lowest BCUT2D eigenvalue weighted by Gasteiger charge is -2.12. The molecular weight excluding hydrogens is 701 g/mol. The summed E-state index contributed by atoms with van der Waals surface area (Å²) < 4.78 is 104. The van der Waals surface area contributed by atoms with Gasteiger partial charge in [0.15, 0.2) is 11.6 Å². The van der Waals surface area contributed by atoms with E-state index in [0.717, 1.165) is 33.0 Å². The lowest BCUT2D eigenvalue weighted by atomic mass is 9.99. The van der Waals surface area contributed by atoms with Crippen LogP contribution in [0.1, 0.15) is 13.7 Å². The number of rotatable bonds is 5. The van der Waals surface area contributed by atoms with Crippen molar-refractivity contribution in [3.63, 3.8) is 0 Å². The van der Waals surface area contributed by atoms with Crippen LogP contribution in [0.2, 0.25) is 0 Å². The van der Waals surface area contributed by atoms with Crippen LogP contribution in [0.5, 0.6) is 0 Å². The van der Waals surface area contributed by atoms with Crippen molar-refractivity contribution in [1.29, 1.82) is 0 Å². The summed E-state index contributed by atoms with van der Waals surface area (Å²) in [6.07, 6.45) is 0. The maximum Gasteiger partial charge on any atom is 0.238 e. The lowest BCUT2D eigenvalue weighted by molar-refractivity contribution is 0.668. The fourth-order valence-electron chi connectivity index (χ4n) is 7.82. The molecule has 12 aromatic rings. The fraction of sp³-hybridized carbons (Fsp3) is 0. The van der Waals surface area contributed by atoms with Crippen LogP contribution >= 0.6 is 0 Å². The highest BCUT2D eigenvalue weighted by atomic mass is 16.3. The predicted octanol–water partition coefficient (Wildman–Crippen LogP) is 13.4. The largest absolute Gasteiger partial charge is 0.456 e. The Morgan fingerprint density at radius 2 is 1.11 bits per heavy atom. The summed E-state index contributed by atoms with van der Waals surface area (Å²) in [6, 6.07) is 33.7. The zero-order valence-electron chi connectivity index (χ0n) is 39.7. The highest BCUT2D eigenvalue weighted by Crippen LogP contribution is 2.42. The van der Waals surface area contributed by atoms with Crippen LogP contribution in [0, 0.1) is 0 Å². The standard InChI is InChI=1S/C51H30N4O2/c1-3-13-31(14-4-1)33-17-11-18-34(29-33)49-52-50(35-25-26-40-45(30-35)57-43-24-12-21-36(46(40)43)32-15-5-2-6-16-32)54-51(53-49)55-41-22-9-7-19-37(41)38-27-28-44-47(48(38)55)39-20-8-10-23-42(39)56-44/h1-30H/i7D,8D,9D,10D,19D,20D,22D,23D,27D,28D. The Labute approximate surface area is 340 Å². The van der Waals surface area contributed by atoms with Crippen molar-refractivity contribution < 1.29 is 22.5 Å². The number of aromatic nitrogens is 4. The molecule has 0 atom stereocenters. The minimum Gasteiger partial charge on any atom is -0.456 e. The second-order valence-electron chi connectivity index (χ2n) is 13.6. The molecule has 0 aliphatic rings. The van der Waals surface area contributed by atoms with Crippen LogP contribution in [0.4, 0.5) is 0 Å². The second kappa shape index (κ2) is 12.3. The van der Waals surface area contributed by atoms with Crippen LogP contribution in [0.3, 0.4) is 0 Å². The average molecular weight is 741 g/mol. The second-order valence-corrected chi connectivity index (χ2v) is 13.6. The van der Waals surface area contributed by atoms with E-state index >= 15 is 0 Å². The monoisotopic (exact) mass is 740 g/mol. The number of benzene rings is 8. The van der Waals surface area contributed by atoms with Gasteiger partial charge in [-0.3, -0.25) is 4.57 Å². The molecule has 0 unspecified atom stereocenters. The molecule has 4 aromatic heterocycles. The Kier molecular flexibility index (Phi) is 5.02. The van der Waals surface area contributed by atoms with Gasteiger partial charge in [-0.1, -0.05) is 133 Å². The molecule has 0 aliphatic heterocycles. The average Bonchev–Trinajstić information content (AvgIpc) is 4.06. The number of nitrogens with zero attached hydrogens (tertiary/aromatic N) is 4. The SMILES string of the molecule is [2H]c1c([2H])c([2H])c2c(oc3c([2H])c([2H])c4c5c([2H])c([2H])c([2H])c([2H])c5n(-c5nc(-c6cccc(-c7ccccc7)c6)nc(-c6ccc7c(c6)oc6cccc(-c8ccccc8)c67)n5)c4c32)c1[2H]. The summed E-state index contributed by atoms with van der Waals surface area (Å²) in [5.41, 5.74) is 5.52.